The Morgan fingerprint density at radius 1 is 0.800 bits per heavy atom. The van der Waals surface area contributed by atoms with Crippen molar-refractivity contribution in [3.63, 3.8) is 0 Å². The number of aryl methyl sites for hydroxylation is 2. The lowest BCUT2D eigenvalue weighted by Gasteiger charge is -2.19. The van der Waals surface area contributed by atoms with Crippen LogP contribution in [-0.2, 0) is 4.74 Å². The van der Waals surface area contributed by atoms with E-state index in [0.717, 1.165) is 62.1 Å². The van der Waals surface area contributed by atoms with E-state index in [1.807, 2.05) is 50.2 Å². The Hall–Kier alpha value is -3.65. The largest absolute Gasteiger partial charge is 0.674 e. The van der Waals surface area contributed by atoms with Gasteiger partial charge in [-0.25, -0.2) is 4.79 Å². The number of nitrogens with zero attached hydrogens (tertiary/aromatic N) is 1. The first kappa shape index (κ1) is 48.5. The number of halogens is 5. The Morgan fingerprint density at radius 3 is 1.80 bits per heavy atom. The van der Waals surface area contributed by atoms with Gasteiger partial charge in [-0.05, 0) is 69.5 Å². The fourth-order valence-corrected chi connectivity index (χ4v) is 4.29. The van der Waals surface area contributed by atoms with Gasteiger partial charge in [0, 0.05) is 47.4 Å². The Bertz CT molecular complexity index is 1590. The second-order valence-corrected chi connectivity index (χ2v) is 9.29. The van der Waals surface area contributed by atoms with Gasteiger partial charge in [0.1, 0.15) is 11.3 Å². The van der Waals surface area contributed by atoms with E-state index in [1.54, 1.807) is 0 Å². The standard InChI is InChI=1S/C28H30N2O3.4BFH2O2.ClH/c1-6-29-23-15-25-21(13-17(23)4)27(19-11-9-10-12-20(19)28(31)32-8-3)22-14-18(5)24(30-7-2)16-26(22)33-25;4*2-1(3)4;/h9-16,29H,6-8H2,1-5H3;4*3-4H;1H. The summed E-state index contributed by atoms with van der Waals surface area (Å²) in [6.45, 7) is 11.9. The van der Waals surface area contributed by atoms with Crippen LogP contribution in [0, 0.1) is 13.8 Å². The van der Waals surface area contributed by atoms with Crippen molar-refractivity contribution in [2.24, 2.45) is 4.99 Å². The third-order valence-corrected chi connectivity index (χ3v) is 5.77. The summed E-state index contributed by atoms with van der Waals surface area (Å²) in [6, 6.07) is 15.9. The molecule has 0 aromatic heterocycles. The van der Waals surface area contributed by atoms with E-state index in [2.05, 4.69) is 43.2 Å². The summed E-state index contributed by atoms with van der Waals surface area (Å²) in [7, 11) is -10.7. The molecular formula is C28H39B4ClF4N2O11. The van der Waals surface area contributed by atoms with Crippen LogP contribution in [0.2, 0.25) is 0 Å². The van der Waals surface area contributed by atoms with E-state index in [9.17, 15) is 22.1 Å². The Labute approximate surface area is 293 Å². The molecule has 0 saturated carbocycles. The van der Waals surface area contributed by atoms with Gasteiger partial charge < -0.3 is 54.7 Å². The van der Waals surface area contributed by atoms with Gasteiger partial charge in [0.15, 0.2) is 0 Å². The zero-order chi connectivity index (χ0) is 37.8. The van der Waals surface area contributed by atoms with Gasteiger partial charge in [-0.15, -0.1) is 12.4 Å². The number of rotatable bonds is 6. The summed E-state index contributed by atoms with van der Waals surface area (Å²) in [4.78, 5) is 17.5. The molecule has 0 radical (unpaired) electrons. The molecule has 22 heteroatoms. The number of benzene rings is 3. The van der Waals surface area contributed by atoms with E-state index in [0.29, 0.717) is 18.7 Å². The molecule has 13 nitrogen and oxygen atoms in total. The molecule has 0 fully saturated rings. The zero-order valence-corrected chi connectivity index (χ0v) is 28.5. The minimum Gasteiger partial charge on any atom is -0.462 e. The molecule has 0 amide bonds. The van der Waals surface area contributed by atoms with Crippen LogP contribution in [0.15, 0.2) is 57.9 Å². The topological polar surface area (TPSA) is 226 Å². The van der Waals surface area contributed by atoms with E-state index in [-0.39, 0.29) is 18.4 Å². The van der Waals surface area contributed by atoms with E-state index in [1.165, 1.54) is 0 Å². The van der Waals surface area contributed by atoms with Crippen molar-refractivity contribution in [2.45, 2.75) is 34.6 Å². The summed E-state index contributed by atoms with van der Waals surface area (Å²) in [5.41, 5.74) is 7.25. The Balaban J connectivity index is 0. The molecule has 2 aromatic rings. The van der Waals surface area contributed by atoms with Crippen molar-refractivity contribution < 1.29 is 71.4 Å². The number of fused-ring (bicyclic) bond motifs is 2. The fourth-order valence-electron chi connectivity index (χ4n) is 4.29. The Kier molecular flexibility index (Phi) is 24.5. The number of nitrogens with one attached hydrogen (secondary N) is 1. The first-order valence-corrected chi connectivity index (χ1v) is 14.4. The highest BCUT2D eigenvalue weighted by atomic mass is 35.5. The molecule has 0 spiro atoms. The van der Waals surface area contributed by atoms with Crippen LogP contribution in [0.4, 0.5) is 23.0 Å². The lowest BCUT2D eigenvalue weighted by atomic mass is 9.89. The van der Waals surface area contributed by atoms with Crippen molar-refractivity contribution >= 4 is 64.6 Å². The minimum absolute atomic E-state index is 0. The lowest BCUT2D eigenvalue weighted by molar-refractivity contribution is 0.0527. The molecular weight excluding hydrogens is 695 g/mol. The molecule has 2 aliphatic rings. The van der Waals surface area contributed by atoms with Crippen LogP contribution in [0.3, 0.4) is 0 Å². The van der Waals surface area contributed by atoms with Gasteiger partial charge in [0.2, 0.25) is 0 Å². The van der Waals surface area contributed by atoms with E-state index < -0.39 is 29.6 Å². The van der Waals surface area contributed by atoms with Crippen molar-refractivity contribution in [1.29, 1.82) is 0 Å². The van der Waals surface area contributed by atoms with Gasteiger partial charge in [-0.2, -0.15) is 0 Å². The highest BCUT2D eigenvalue weighted by molar-refractivity contribution is 6.32. The SMILES string of the molecule is CCN=c1cc2oc3cc(NCC)c(C)cc3c(-c3ccccc3C(=O)OCC)c-2cc1C.Cl.OB(O)F.OB(O)F.OB(O)F.OB(O)F. The van der Waals surface area contributed by atoms with Crippen LogP contribution in [0.1, 0.15) is 42.3 Å². The van der Waals surface area contributed by atoms with Gasteiger partial charge in [-0.3, -0.25) is 22.3 Å². The van der Waals surface area contributed by atoms with E-state index in [4.69, 9.17) is 49.3 Å². The van der Waals surface area contributed by atoms with Crippen LogP contribution in [-0.4, -0.2) is 95.4 Å². The quantitative estimate of drug-likeness (QED) is 0.0603. The number of esters is 1. The molecule has 0 unspecified atom stereocenters. The van der Waals surface area contributed by atoms with E-state index >= 15 is 0 Å². The van der Waals surface area contributed by atoms with Crippen molar-refractivity contribution in [3.8, 4) is 22.5 Å². The summed E-state index contributed by atoms with van der Waals surface area (Å²) in [5.74, 6) is 0.408. The number of anilines is 1. The summed E-state index contributed by atoms with van der Waals surface area (Å²) in [6.07, 6.45) is 0. The predicted molar refractivity (Wildman–Crippen MR) is 186 cm³/mol. The Morgan fingerprint density at radius 2 is 1.32 bits per heavy atom. The molecule has 50 heavy (non-hydrogen) atoms. The molecule has 2 aromatic carbocycles. The van der Waals surface area contributed by atoms with Gasteiger partial charge in [0.25, 0.3) is 0 Å². The maximum Gasteiger partial charge on any atom is 0.674 e. The number of carbonyl (C=O) groups excluding carboxylic acids is 1. The summed E-state index contributed by atoms with van der Waals surface area (Å²) in [5, 5.41) is 60.8. The van der Waals surface area contributed by atoms with Gasteiger partial charge >= 0.3 is 35.6 Å². The number of ether oxygens (including phenoxy) is 1. The van der Waals surface area contributed by atoms with Crippen LogP contribution in [0.25, 0.3) is 33.4 Å². The lowest BCUT2D eigenvalue weighted by Crippen LogP contribution is -2.10. The van der Waals surface area contributed by atoms with Crippen molar-refractivity contribution in [3.05, 3.63) is 70.6 Å². The molecule has 0 atom stereocenters. The molecule has 0 bridgehead atoms. The number of hydrogen-bond acceptors (Lipinski definition) is 13. The third kappa shape index (κ3) is 17.8. The highest BCUT2D eigenvalue weighted by Crippen LogP contribution is 2.43. The molecule has 0 saturated heterocycles. The zero-order valence-electron chi connectivity index (χ0n) is 27.7. The molecule has 1 aliphatic carbocycles. The average molecular weight is 734 g/mol. The molecule has 1 heterocycles. The second kappa shape index (κ2) is 25.3. The first-order chi connectivity index (χ1) is 22.9. The second-order valence-electron chi connectivity index (χ2n) is 9.29. The predicted octanol–water partition coefficient (Wildman–Crippen LogP) is 2.47. The highest BCUT2D eigenvalue weighted by Gasteiger charge is 2.23. The van der Waals surface area contributed by atoms with Crippen LogP contribution < -0.4 is 10.7 Å². The monoisotopic (exact) mass is 734 g/mol. The van der Waals surface area contributed by atoms with Crippen molar-refractivity contribution in [1.82, 2.24) is 0 Å². The van der Waals surface area contributed by atoms with Crippen molar-refractivity contribution in [2.75, 3.05) is 25.0 Å². The average Bonchev–Trinajstić information content (AvgIpc) is 2.97. The smallest absolute Gasteiger partial charge is 0.462 e. The van der Waals surface area contributed by atoms with Gasteiger partial charge in [0.05, 0.1) is 17.5 Å². The maximum absolute atomic E-state index is 12.9. The third-order valence-electron chi connectivity index (χ3n) is 5.77. The fraction of sp³-hybridized carbons (Fsp3) is 0.286. The summed E-state index contributed by atoms with van der Waals surface area (Å²) < 4.78 is 52.2. The summed E-state index contributed by atoms with van der Waals surface area (Å²) >= 11 is 0. The minimum atomic E-state index is -2.67. The van der Waals surface area contributed by atoms with Gasteiger partial charge in [-0.1, -0.05) is 18.2 Å². The van der Waals surface area contributed by atoms with Crippen LogP contribution in [0.5, 0.6) is 0 Å². The number of hydrogen-bond donors (Lipinski definition) is 9. The van der Waals surface area contributed by atoms with Crippen LogP contribution >= 0.6 is 12.4 Å². The molecule has 274 valence electrons. The maximum atomic E-state index is 12.9. The normalized spacial score (nSPS) is 9.98. The first-order valence-electron chi connectivity index (χ1n) is 14.4. The number of carbonyl (C=O) groups is 1. The molecule has 9 N–H and O–H groups in total. The molecule has 4 rings (SSSR count). The molecule has 1 aliphatic heterocycles.